The number of anilines is 1. The fourth-order valence-corrected chi connectivity index (χ4v) is 3.18. The van der Waals surface area contributed by atoms with E-state index < -0.39 is 0 Å². The molecule has 0 aliphatic carbocycles. The van der Waals surface area contributed by atoms with E-state index in [4.69, 9.17) is 22.7 Å². The second-order valence-corrected chi connectivity index (χ2v) is 6.15. The summed E-state index contributed by atoms with van der Waals surface area (Å²) in [6.07, 6.45) is 0.00937. The molecule has 1 aromatic carbocycles. The lowest BCUT2D eigenvalue weighted by Crippen LogP contribution is -2.39. The third-order valence-corrected chi connectivity index (χ3v) is 4.61. The molecule has 4 atom stereocenters. The highest BCUT2D eigenvalue weighted by Gasteiger charge is 2.43. The summed E-state index contributed by atoms with van der Waals surface area (Å²) in [5.41, 5.74) is 7.21. The average molecular weight is 306 g/mol. The van der Waals surface area contributed by atoms with E-state index in [2.05, 4.69) is 6.92 Å². The molecule has 0 saturated carbocycles. The van der Waals surface area contributed by atoms with E-state index in [1.165, 1.54) is 0 Å². The van der Waals surface area contributed by atoms with Crippen molar-refractivity contribution in [2.24, 2.45) is 17.6 Å². The van der Waals surface area contributed by atoms with Crippen LogP contribution in [-0.4, -0.2) is 30.2 Å². The number of para-hydroxylation sites is 1. The van der Waals surface area contributed by atoms with Gasteiger partial charge in [-0.15, -0.1) is 0 Å². The van der Waals surface area contributed by atoms with E-state index in [-0.39, 0.29) is 30.0 Å². The predicted octanol–water partition coefficient (Wildman–Crippen LogP) is 2.34. The topological polar surface area (TPSA) is 55.6 Å². The van der Waals surface area contributed by atoms with Crippen molar-refractivity contribution < 1.29 is 9.53 Å². The minimum Gasteiger partial charge on any atom is -0.389 e. The summed E-state index contributed by atoms with van der Waals surface area (Å²) < 4.78 is 5.77. The fourth-order valence-electron chi connectivity index (χ4n) is 3.01. The van der Waals surface area contributed by atoms with E-state index in [0.29, 0.717) is 4.99 Å². The first-order chi connectivity index (χ1) is 9.84. The molecule has 4 unspecified atom stereocenters. The van der Waals surface area contributed by atoms with Gasteiger partial charge in [-0.05, 0) is 31.9 Å². The SMILES string of the molecule is CC1OC(C)C(C(=O)N(C)c2ccccc2C(N)=S)C1C. The molecule has 2 N–H and O–H groups in total. The number of nitrogens with two attached hydrogens (primary N) is 1. The average Bonchev–Trinajstić information content (AvgIpc) is 2.70. The zero-order chi connectivity index (χ0) is 15.7. The van der Waals surface area contributed by atoms with Gasteiger partial charge in [0.15, 0.2) is 0 Å². The highest BCUT2D eigenvalue weighted by Crippen LogP contribution is 2.34. The van der Waals surface area contributed by atoms with Crippen LogP contribution in [0.15, 0.2) is 24.3 Å². The number of benzene rings is 1. The lowest BCUT2D eigenvalue weighted by atomic mass is 9.88. The molecule has 0 spiro atoms. The van der Waals surface area contributed by atoms with Gasteiger partial charge in [-0.25, -0.2) is 0 Å². The lowest BCUT2D eigenvalue weighted by molar-refractivity contribution is -0.124. The van der Waals surface area contributed by atoms with Crippen LogP contribution < -0.4 is 10.6 Å². The summed E-state index contributed by atoms with van der Waals surface area (Å²) in [7, 11) is 1.77. The Morgan fingerprint density at radius 1 is 1.24 bits per heavy atom. The van der Waals surface area contributed by atoms with Crippen LogP contribution >= 0.6 is 12.2 Å². The molecule has 0 bridgehead atoms. The Morgan fingerprint density at radius 2 is 1.86 bits per heavy atom. The van der Waals surface area contributed by atoms with Gasteiger partial charge in [0, 0.05) is 12.6 Å². The van der Waals surface area contributed by atoms with Crippen molar-refractivity contribution in [3.05, 3.63) is 29.8 Å². The van der Waals surface area contributed by atoms with Gasteiger partial charge in [0.1, 0.15) is 4.99 Å². The van der Waals surface area contributed by atoms with Crippen molar-refractivity contribution in [1.82, 2.24) is 0 Å². The molecule has 2 rings (SSSR count). The molecule has 1 fully saturated rings. The van der Waals surface area contributed by atoms with Crippen molar-refractivity contribution in [3.8, 4) is 0 Å². The van der Waals surface area contributed by atoms with Crippen molar-refractivity contribution in [2.75, 3.05) is 11.9 Å². The number of carbonyl (C=O) groups excluding carboxylic acids is 1. The fraction of sp³-hybridized carbons (Fsp3) is 0.500. The molecule has 0 radical (unpaired) electrons. The van der Waals surface area contributed by atoms with Crippen molar-refractivity contribution in [3.63, 3.8) is 0 Å². The first-order valence-electron chi connectivity index (χ1n) is 7.16. The van der Waals surface area contributed by atoms with Gasteiger partial charge in [0.25, 0.3) is 0 Å². The maximum Gasteiger partial charge on any atom is 0.232 e. The van der Waals surface area contributed by atoms with Crippen molar-refractivity contribution in [1.29, 1.82) is 0 Å². The standard InChI is InChI=1S/C16H22N2O2S/c1-9-10(2)20-11(3)14(9)16(19)18(4)13-8-6-5-7-12(13)15(17)21/h5-11,14H,1-4H3,(H2,17,21). The summed E-state index contributed by atoms with van der Waals surface area (Å²) >= 11 is 5.07. The summed E-state index contributed by atoms with van der Waals surface area (Å²) in [5, 5.41) is 0. The third kappa shape index (κ3) is 2.94. The van der Waals surface area contributed by atoms with Gasteiger partial charge in [-0.2, -0.15) is 0 Å². The first-order valence-corrected chi connectivity index (χ1v) is 7.57. The lowest BCUT2D eigenvalue weighted by Gasteiger charge is -2.26. The minimum absolute atomic E-state index is 0.0445. The number of hydrogen-bond acceptors (Lipinski definition) is 3. The van der Waals surface area contributed by atoms with Gasteiger partial charge >= 0.3 is 0 Å². The van der Waals surface area contributed by atoms with Gasteiger partial charge in [-0.3, -0.25) is 4.79 Å². The zero-order valence-corrected chi connectivity index (χ0v) is 13.7. The molecule has 1 amide bonds. The molecule has 1 aliphatic rings. The Kier molecular flexibility index (Phi) is 4.64. The van der Waals surface area contributed by atoms with Crippen molar-refractivity contribution >= 4 is 28.8 Å². The molecular weight excluding hydrogens is 284 g/mol. The van der Waals surface area contributed by atoms with E-state index in [1.807, 2.05) is 38.1 Å². The number of rotatable bonds is 3. The van der Waals surface area contributed by atoms with Crippen LogP contribution in [0.1, 0.15) is 26.3 Å². The smallest absolute Gasteiger partial charge is 0.232 e. The summed E-state index contributed by atoms with van der Waals surface area (Å²) in [4.78, 5) is 14.8. The van der Waals surface area contributed by atoms with Crippen LogP contribution in [0.3, 0.4) is 0 Å². The summed E-state index contributed by atoms with van der Waals surface area (Å²) in [6, 6.07) is 7.44. The quantitative estimate of drug-likeness (QED) is 0.871. The molecular formula is C16H22N2O2S. The second-order valence-electron chi connectivity index (χ2n) is 5.71. The molecule has 4 nitrogen and oxygen atoms in total. The molecule has 1 aliphatic heterocycles. The number of nitrogens with zero attached hydrogens (tertiary/aromatic N) is 1. The molecule has 1 heterocycles. The Bertz CT molecular complexity index is 561. The predicted molar refractivity (Wildman–Crippen MR) is 88.4 cm³/mol. The Balaban J connectivity index is 2.30. The Morgan fingerprint density at radius 3 is 2.38 bits per heavy atom. The number of carbonyl (C=O) groups is 1. The van der Waals surface area contributed by atoms with Crippen LogP contribution in [0.25, 0.3) is 0 Å². The van der Waals surface area contributed by atoms with E-state index >= 15 is 0 Å². The van der Waals surface area contributed by atoms with Gasteiger partial charge in [-0.1, -0.05) is 31.3 Å². The second kappa shape index (κ2) is 6.12. The number of hydrogen-bond donors (Lipinski definition) is 1. The van der Waals surface area contributed by atoms with Gasteiger partial charge in [0.05, 0.1) is 23.8 Å². The van der Waals surface area contributed by atoms with Gasteiger partial charge in [0.2, 0.25) is 5.91 Å². The molecule has 5 heteroatoms. The maximum atomic E-state index is 12.8. The molecule has 1 aromatic rings. The Labute approximate surface area is 131 Å². The van der Waals surface area contributed by atoms with Gasteiger partial charge < -0.3 is 15.4 Å². The highest BCUT2D eigenvalue weighted by atomic mass is 32.1. The Hall–Kier alpha value is -1.46. The maximum absolute atomic E-state index is 12.8. The van der Waals surface area contributed by atoms with Crippen LogP contribution in [0.4, 0.5) is 5.69 Å². The molecule has 0 aromatic heterocycles. The zero-order valence-electron chi connectivity index (χ0n) is 12.9. The van der Waals surface area contributed by atoms with E-state index in [0.717, 1.165) is 11.3 Å². The van der Waals surface area contributed by atoms with Crippen LogP contribution in [0, 0.1) is 11.8 Å². The van der Waals surface area contributed by atoms with E-state index in [1.54, 1.807) is 11.9 Å². The highest BCUT2D eigenvalue weighted by molar-refractivity contribution is 7.80. The molecule has 114 valence electrons. The van der Waals surface area contributed by atoms with Crippen LogP contribution in [0.2, 0.25) is 0 Å². The third-order valence-electron chi connectivity index (χ3n) is 4.39. The van der Waals surface area contributed by atoms with E-state index in [9.17, 15) is 4.79 Å². The number of amides is 1. The van der Waals surface area contributed by atoms with Crippen molar-refractivity contribution in [2.45, 2.75) is 33.0 Å². The van der Waals surface area contributed by atoms with Crippen LogP contribution in [0.5, 0.6) is 0 Å². The monoisotopic (exact) mass is 306 g/mol. The number of ether oxygens (including phenoxy) is 1. The normalized spacial score (nSPS) is 28.4. The first kappa shape index (κ1) is 15.9. The minimum atomic E-state index is -0.149. The summed E-state index contributed by atoms with van der Waals surface area (Å²) in [6.45, 7) is 6.03. The summed E-state index contributed by atoms with van der Waals surface area (Å²) in [5.74, 6) is 0.0828. The molecule has 21 heavy (non-hydrogen) atoms. The largest absolute Gasteiger partial charge is 0.389 e. The number of thiocarbonyl (C=S) groups is 1. The molecule has 1 saturated heterocycles. The van der Waals surface area contributed by atoms with Crippen LogP contribution in [-0.2, 0) is 9.53 Å².